The highest BCUT2D eigenvalue weighted by molar-refractivity contribution is 8.00. The summed E-state index contributed by atoms with van der Waals surface area (Å²) in [5.41, 5.74) is 12.7. The molecule has 0 fully saturated rings. The third-order valence-corrected chi connectivity index (χ3v) is 4.21. The van der Waals surface area contributed by atoms with Gasteiger partial charge in [0.05, 0.1) is 5.54 Å². The Morgan fingerprint density at radius 3 is 2.61 bits per heavy atom. The summed E-state index contributed by atoms with van der Waals surface area (Å²) in [6.07, 6.45) is 0.570. The first-order valence-electron chi connectivity index (χ1n) is 6.05. The van der Waals surface area contributed by atoms with E-state index in [-0.39, 0.29) is 5.25 Å². The Morgan fingerprint density at radius 2 is 2.06 bits per heavy atom. The number of primary amides is 1. The fourth-order valence-corrected chi connectivity index (χ4v) is 3.16. The Morgan fingerprint density at radius 1 is 1.44 bits per heavy atom. The van der Waals surface area contributed by atoms with Gasteiger partial charge in [-0.15, -0.1) is 11.8 Å². The first-order valence-corrected chi connectivity index (χ1v) is 6.93. The van der Waals surface area contributed by atoms with Gasteiger partial charge in [0.25, 0.3) is 0 Å². The average molecular weight is 266 g/mol. The average Bonchev–Trinajstić information content (AvgIpc) is 2.22. The molecule has 0 aromatic heterocycles. The van der Waals surface area contributed by atoms with E-state index < -0.39 is 11.4 Å². The molecular formula is C14H22N2OS. The van der Waals surface area contributed by atoms with Crippen molar-refractivity contribution in [1.29, 1.82) is 0 Å². The van der Waals surface area contributed by atoms with Gasteiger partial charge in [-0.2, -0.15) is 0 Å². The molecule has 0 spiro atoms. The minimum absolute atomic E-state index is 0.244. The molecule has 4 heteroatoms. The second kappa shape index (κ2) is 5.76. The lowest BCUT2D eigenvalue weighted by Crippen LogP contribution is -2.50. The summed E-state index contributed by atoms with van der Waals surface area (Å²) in [5.74, 6) is -0.448. The number of aryl methyl sites for hydroxylation is 2. The summed E-state index contributed by atoms with van der Waals surface area (Å²) in [7, 11) is 0. The number of rotatable bonds is 5. The number of hydrogen-bond donors (Lipinski definition) is 2. The highest BCUT2D eigenvalue weighted by atomic mass is 32.2. The van der Waals surface area contributed by atoms with Gasteiger partial charge in [0.1, 0.15) is 0 Å². The van der Waals surface area contributed by atoms with E-state index >= 15 is 0 Å². The van der Waals surface area contributed by atoms with E-state index in [9.17, 15) is 4.79 Å². The molecule has 2 atom stereocenters. The van der Waals surface area contributed by atoms with E-state index in [0.29, 0.717) is 6.42 Å². The zero-order valence-corrected chi connectivity index (χ0v) is 12.3. The van der Waals surface area contributed by atoms with Crippen LogP contribution in [0.3, 0.4) is 0 Å². The molecule has 0 bridgehead atoms. The molecule has 0 saturated heterocycles. The van der Waals surface area contributed by atoms with Gasteiger partial charge in [-0.1, -0.05) is 24.6 Å². The molecule has 0 saturated carbocycles. The topological polar surface area (TPSA) is 69.1 Å². The van der Waals surface area contributed by atoms with Crippen LogP contribution in [0.5, 0.6) is 0 Å². The Balaban J connectivity index is 2.73. The monoisotopic (exact) mass is 266 g/mol. The van der Waals surface area contributed by atoms with Gasteiger partial charge in [0, 0.05) is 10.1 Å². The van der Waals surface area contributed by atoms with Crippen LogP contribution in [0.15, 0.2) is 23.1 Å². The SMILES string of the molecule is Cc1ccc(C)c(SC(C)CC(C)(N)C(N)=O)c1. The lowest BCUT2D eigenvalue weighted by atomic mass is 9.97. The standard InChI is InChI=1S/C14H22N2OS/c1-9-5-6-10(2)12(7-9)18-11(3)8-14(4,16)13(15)17/h5-7,11H,8,16H2,1-4H3,(H2,15,17). The molecule has 4 N–H and O–H groups in total. The van der Waals surface area contributed by atoms with Gasteiger partial charge in [0.2, 0.25) is 5.91 Å². The van der Waals surface area contributed by atoms with Crippen LogP contribution in [-0.4, -0.2) is 16.7 Å². The number of thioether (sulfide) groups is 1. The normalized spacial score (nSPS) is 16.1. The number of benzene rings is 1. The predicted octanol–water partition coefficient (Wildman–Crippen LogP) is 2.38. The second-order valence-electron chi connectivity index (χ2n) is 5.18. The van der Waals surface area contributed by atoms with Crippen molar-refractivity contribution in [1.82, 2.24) is 0 Å². The summed E-state index contributed by atoms with van der Waals surface area (Å²) in [6, 6.07) is 6.37. The molecule has 0 heterocycles. The Bertz CT molecular complexity index is 443. The van der Waals surface area contributed by atoms with Crippen LogP contribution in [0.25, 0.3) is 0 Å². The third-order valence-electron chi connectivity index (χ3n) is 2.95. The predicted molar refractivity (Wildman–Crippen MR) is 77.6 cm³/mol. The number of amides is 1. The van der Waals surface area contributed by atoms with Crippen LogP contribution in [0.4, 0.5) is 0 Å². The summed E-state index contributed by atoms with van der Waals surface area (Å²) in [5, 5.41) is 0.244. The van der Waals surface area contributed by atoms with E-state index in [4.69, 9.17) is 11.5 Å². The second-order valence-corrected chi connectivity index (χ2v) is 6.66. The van der Waals surface area contributed by atoms with Crippen LogP contribution < -0.4 is 11.5 Å². The third kappa shape index (κ3) is 4.03. The molecule has 1 aromatic carbocycles. The number of nitrogens with two attached hydrogens (primary N) is 2. The van der Waals surface area contributed by atoms with E-state index in [1.807, 2.05) is 0 Å². The van der Waals surface area contributed by atoms with Crippen LogP contribution in [0, 0.1) is 13.8 Å². The van der Waals surface area contributed by atoms with Crippen molar-refractivity contribution in [2.24, 2.45) is 11.5 Å². The van der Waals surface area contributed by atoms with Crippen molar-refractivity contribution in [3.05, 3.63) is 29.3 Å². The maximum absolute atomic E-state index is 11.2. The maximum Gasteiger partial charge on any atom is 0.237 e. The number of hydrogen-bond acceptors (Lipinski definition) is 3. The lowest BCUT2D eigenvalue weighted by molar-refractivity contribution is -0.122. The van der Waals surface area contributed by atoms with Gasteiger partial charge < -0.3 is 11.5 Å². The molecule has 0 aliphatic heterocycles. The molecule has 0 radical (unpaired) electrons. The summed E-state index contributed by atoms with van der Waals surface area (Å²) in [6.45, 7) is 7.92. The highest BCUT2D eigenvalue weighted by Crippen LogP contribution is 2.30. The lowest BCUT2D eigenvalue weighted by Gasteiger charge is -2.24. The molecular weight excluding hydrogens is 244 g/mol. The molecule has 100 valence electrons. The number of carbonyl (C=O) groups excluding carboxylic acids is 1. The van der Waals surface area contributed by atoms with Crippen LogP contribution in [0.1, 0.15) is 31.4 Å². The summed E-state index contributed by atoms with van der Waals surface area (Å²) in [4.78, 5) is 12.5. The zero-order chi connectivity index (χ0) is 13.9. The molecule has 1 aromatic rings. The Labute approximate surface area is 113 Å². The zero-order valence-electron chi connectivity index (χ0n) is 11.5. The molecule has 1 rings (SSSR count). The minimum atomic E-state index is -0.940. The molecule has 18 heavy (non-hydrogen) atoms. The quantitative estimate of drug-likeness (QED) is 0.804. The van der Waals surface area contributed by atoms with E-state index in [0.717, 1.165) is 0 Å². The first-order chi connectivity index (χ1) is 8.22. The number of carbonyl (C=O) groups is 1. The Hall–Kier alpha value is -1.00. The van der Waals surface area contributed by atoms with Gasteiger partial charge >= 0.3 is 0 Å². The molecule has 0 aliphatic carbocycles. The van der Waals surface area contributed by atoms with Crippen molar-refractivity contribution >= 4 is 17.7 Å². The summed E-state index contributed by atoms with van der Waals surface area (Å²) < 4.78 is 0. The van der Waals surface area contributed by atoms with Crippen LogP contribution in [0.2, 0.25) is 0 Å². The van der Waals surface area contributed by atoms with Gasteiger partial charge in [-0.05, 0) is 38.8 Å². The van der Waals surface area contributed by atoms with Gasteiger partial charge in [0.15, 0.2) is 0 Å². The highest BCUT2D eigenvalue weighted by Gasteiger charge is 2.28. The Kier molecular flexibility index (Phi) is 4.82. The molecule has 1 amide bonds. The van der Waals surface area contributed by atoms with E-state index in [1.54, 1.807) is 18.7 Å². The summed E-state index contributed by atoms with van der Waals surface area (Å²) >= 11 is 1.74. The molecule has 3 nitrogen and oxygen atoms in total. The van der Waals surface area contributed by atoms with Crippen LogP contribution in [-0.2, 0) is 4.79 Å². The first kappa shape index (κ1) is 15.1. The molecule has 0 aliphatic rings. The fraction of sp³-hybridized carbons (Fsp3) is 0.500. The van der Waals surface area contributed by atoms with Crippen molar-refractivity contribution in [2.45, 2.75) is 49.8 Å². The minimum Gasteiger partial charge on any atom is -0.368 e. The van der Waals surface area contributed by atoms with Crippen LogP contribution >= 0.6 is 11.8 Å². The van der Waals surface area contributed by atoms with Crippen molar-refractivity contribution in [3.63, 3.8) is 0 Å². The fourth-order valence-electron chi connectivity index (χ4n) is 1.79. The van der Waals surface area contributed by atoms with Crippen molar-refractivity contribution in [3.8, 4) is 0 Å². The van der Waals surface area contributed by atoms with Crippen molar-refractivity contribution in [2.75, 3.05) is 0 Å². The van der Waals surface area contributed by atoms with E-state index in [2.05, 4.69) is 39.0 Å². The van der Waals surface area contributed by atoms with Gasteiger partial charge in [-0.25, -0.2) is 0 Å². The maximum atomic E-state index is 11.2. The molecule has 2 unspecified atom stereocenters. The van der Waals surface area contributed by atoms with Gasteiger partial charge in [-0.3, -0.25) is 4.79 Å². The largest absolute Gasteiger partial charge is 0.368 e. The smallest absolute Gasteiger partial charge is 0.237 e. The van der Waals surface area contributed by atoms with Crippen molar-refractivity contribution < 1.29 is 4.79 Å². The van der Waals surface area contributed by atoms with E-state index in [1.165, 1.54) is 16.0 Å².